The van der Waals surface area contributed by atoms with Crippen LogP contribution in [0.15, 0.2) is 6.07 Å². The van der Waals surface area contributed by atoms with Crippen molar-refractivity contribution in [3.63, 3.8) is 0 Å². The molecule has 126 valence electrons. The first-order valence-corrected chi connectivity index (χ1v) is 8.59. The summed E-state index contributed by atoms with van der Waals surface area (Å²) in [5.41, 5.74) is 3.60. The van der Waals surface area contributed by atoms with Crippen molar-refractivity contribution in [2.24, 2.45) is 0 Å². The van der Waals surface area contributed by atoms with E-state index in [1.54, 1.807) is 0 Å². The second-order valence-corrected chi connectivity index (χ2v) is 6.86. The fraction of sp³-hybridized carbons (Fsp3) is 0.529. The molecule has 0 bridgehead atoms. The molecular weight excluding hydrogens is 304 g/mol. The highest BCUT2D eigenvalue weighted by molar-refractivity contribution is 5.96. The van der Waals surface area contributed by atoms with E-state index in [1.165, 1.54) is 12.8 Å². The third-order valence-corrected chi connectivity index (χ3v) is 4.51. The lowest BCUT2D eigenvalue weighted by Gasteiger charge is -2.20. The van der Waals surface area contributed by atoms with Crippen LogP contribution in [0.1, 0.15) is 71.8 Å². The molecule has 7 heteroatoms. The molecule has 7 nitrogen and oxygen atoms in total. The molecule has 3 N–H and O–H groups in total. The number of nitrogens with zero attached hydrogens (tertiary/aromatic N) is 3. The van der Waals surface area contributed by atoms with Crippen molar-refractivity contribution in [1.29, 1.82) is 0 Å². The molecule has 4 rings (SSSR count). The number of aromatic nitrogens is 4. The average Bonchev–Trinajstić information content (AvgIpc) is 3.31. The molecule has 2 aliphatic rings. The molecule has 1 saturated carbocycles. The molecular formula is C17H22N6O. The first-order chi connectivity index (χ1) is 11.6. The van der Waals surface area contributed by atoms with Gasteiger partial charge in [-0.3, -0.25) is 9.89 Å². The van der Waals surface area contributed by atoms with Crippen molar-refractivity contribution in [3.05, 3.63) is 34.5 Å². The van der Waals surface area contributed by atoms with Crippen LogP contribution in [0.3, 0.4) is 0 Å². The topological polar surface area (TPSA) is 95.6 Å². The molecule has 0 atom stereocenters. The Bertz CT molecular complexity index is 777. The normalized spacial score (nSPS) is 16.9. The van der Waals surface area contributed by atoms with E-state index in [-0.39, 0.29) is 11.8 Å². The zero-order valence-corrected chi connectivity index (χ0v) is 14.0. The van der Waals surface area contributed by atoms with Crippen molar-refractivity contribution < 1.29 is 4.79 Å². The Kier molecular flexibility index (Phi) is 3.70. The van der Waals surface area contributed by atoms with Gasteiger partial charge >= 0.3 is 0 Å². The van der Waals surface area contributed by atoms with E-state index >= 15 is 0 Å². The number of fused-ring (bicyclic) bond motifs is 1. The summed E-state index contributed by atoms with van der Waals surface area (Å²) in [5, 5.41) is 13.7. The second kappa shape index (κ2) is 5.89. The molecule has 2 aromatic rings. The maximum atomic E-state index is 12.1. The van der Waals surface area contributed by atoms with Crippen molar-refractivity contribution in [2.75, 3.05) is 11.9 Å². The van der Waals surface area contributed by atoms with Crippen LogP contribution in [0, 0.1) is 0 Å². The minimum absolute atomic E-state index is 0.110. The quantitative estimate of drug-likeness (QED) is 0.782. The highest BCUT2D eigenvalue weighted by Crippen LogP contribution is 2.39. The molecule has 0 radical (unpaired) electrons. The van der Waals surface area contributed by atoms with Gasteiger partial charge in [0.2, 0.25) is 0 Å². The third kappa shape index (κ3) is 2.86. The standard InChI is InChI=1S/C17H22N6O/c1-9(2)15-20-14-12(5-6-18-17(14)24)16(21-15)19-8-11-7-13(23-22-11)10-3-4-10/h7,9-10H,3-6,8H2,1-2H3,(H,18,24)(H,22,23)(H,19,20,21). The molecule has 1 fully saturated rings. The molecule has 24 heavy (non-hydrogen) atoms. The van der Waals surface area contributed by atoms with Crippen LogP contribution in [-0.2, 0) is 13.0 Å². The summed E-state index contributed by atoms with van der Waals surface area (Å²) in [4.78, 5) is 21.2. The van der Waals surface area contributed by atoms with Gasteiger partial charge in [-0.1, -0.05) is 13.8 Å². The van der Waals surface area contributed by atoms with Crippen molar-refractivity contribution in [3.8, 4) is 0 Å². The fourth-order valence-corrected chi connectivity index (χ4v) is 2.95. The van der Waals surface area contributed by atoms with Gasteiger partial charge in [-0.25, -0.2) is 9.97 Å². The van der Waals surface area contributed by atoms with E-state index in [4.69, 9.17) is 0 Å². The number of rotatable bonds is 5. The van der Waals surface area contributed by atoms with Crippen molar-refractivity contribution in [1.82, 2.24) is 25.5 Å². The van der Waals surface area contributed by atoms with Gasteiger partial charge in [0.05, 0.1) is 17.9 Å². The summed E-state index contributed by atoms with van der Waals surface area (Å²) in [5.74, 6) is 2.15. The van der Waals surface area contributed by atoms with Gasteiger partial charge < -0.3 is 10.6 Å². The Morgan fingerprint density at radius 3 is 2.92 bits per heavy atom. The number of amides is 1. The van der Waals surface area contributed by atoms with Crippen LogP contribution >= 0.6 is 0 Å². The number of carbonyl (C=O) groups is 1. The molecule has 1 amide bonds. The lowest BCUT2D eigenvalue weighted by atomic mass is 10.1. The number of carbonyl (C=O) groups excluding carboxylic acids is 1. The van der Waals surface area contributed by atoms with Crippen LogP contribution < -0.4 is 10.6 Å². The van der Waals surface area contributed by atoms with Gasteiger partial charge in [-0.2, -0.15) is 5.10 Å². The first-order valence-electron chi connectivity index (χ1n) is 8.59. The molecule has 0 unspecified atom stereocenters. The van der Waals surface area contributed by atoms with Crippen LogP contribution in [-0.4, -0.2) is 32.6 Å². The smallest absolute Gasteiger partial charge is 0.270 e. The van der Waals surface area contributed by atoms with Gasteiger partial charge in [0.15, 0.2) is 0 Å². The minimum Gasteiger partial charge on any atom is -0.364 e. The van der Waals surface area contributed by atoms with E-state index in [0.717, 1.165) is 29.2 Å². The fourth-order valence-electron chi connectivity index (χ4n) is 2.95. The predicted molar refractivity (Wildman–Crippen MR) is 90.0 cm³/mol. The summed E-state index contributed by atoms with van der Waals surface area (Å²) in [6, 6.07) is 2.12. The van der Waals surface area contributed by atoms with E-state index in [0.29, 0.717) is 30.5 Å². The van der Waals surface area contributed by atoms with Gasteiger partial charge in [0, 0.05) is 23.9 Å². The monoisotopic (exact) mass is 326 g/mol. The number of aromatic amines is 1. The summed E-state index contributed by atoms with van der Waals surface area (Å²) in [7, 11) is 0. The Labute approximate surface area is 140 Å². The first kappa shape index (κ1) is 15.1. The number of anilines is 1. The molecule has 0 spiro atoms. The SMILES string of the molecule is CC(C)c1nc(NCc2cc(C3CC3)n[nH]2)c2c(n1)C(=O)NCC2. The Morgan fingerprint density at radius 2 is 2.17 bits per heavy atom. The lowest BCUT2D eigenvalue weighted by molar-refractivity contribution is 0.0940. The molecule has 1 aliphatic heterocycles. The van der Waals surface area contributed by atoms with Crippen LogP contribution in [0.4, 0.5) is 5.82 Å². The van der Waals surface area contributed by atoms with Crippen molar-refractivity contribution >= 4 is 11.7 Å². The van der Waals surface area contributed by atoms with E-state index in [1.807, 2.05) is 13.8 Å². The van der Waals surface area contributed by atoms with Gasteiger partial charge in [0.1, 0.15) is 17.3 Å². The molecule has 0 saturated heterocycles. The minimum atomic E-state index is -0.110. The highest BCUT2D eigenvalue weighted by Gasteiger charge is 2.27. The zero-order valence-electron chi connectivity index (χ0n) is 14.0. The molecule has 0 aromatic carbocycles. The van der Waals surface area contributed by atoms with Gasteiger partial charge in [-0.15, -0.1) is 0 Å². The second-order valence-electron chi connectivity index (χ2n) is 6.86. The maximum Gasteiger partial charge on any atom is 0.270 e. The number of hydrogen-bond donors (Lipinski definition) is 3. The largest absolute Gasteiger partial charge is 0.364 e. The van der Waals surface area contributed by atoms with Gasteiger partial charge in [0.25, 0.3) is 5.91 Å². The van der Waals surface area contributed by atoms with E-state index < -0.39 is 0 Å². The molecule has 1 aliphatic carbocycles. The van der Waals surface area contributed by atoms with Crippen molar-refractivity contribution in [2.45, 2.75) is 51.5 Å². The summed E-state index contributed by atoms with van der Waals surface area (Å²) in [6.07, 6.45) is 3.23. The van der Waals surface area contributed by atoms with Gasteiger partial charge in [-0.05, 0) is 25.3 Å². The van der Waals surface area contributed by atoms with E-state index in [2.05, 4.69) is 36.9 Å². The maximum absolute atomic E-state index is 12.1. The number of nitrogens with one attached hydrogen (secondary N) is 3. The summed E-state index contributed by atoms with van der Waals surface area (Å²) < 4.78 is 0. The lowest BCUT2D eigenvalue weighted by Crippen LogP contribution is -2.34. The summed E-state index contributed by atoms with van der Waals surface area (Å²) >= 11 is 0. The molecule has 2 aromatic heterocycles. The number of hydrogen-bond acceptors (Lipinski definition) is 5. The molecule has 3 heterocycles. The Balaban J connectivity index is 1.59. The Morgan fingerprint density at radius 1 is 1.33 bits per heavy atom. The third-order valence-electron chi connectivity index (χ3n) is 4.51. The van der Waals surface area contributed by atoms with Crippen LogP contribution in [0.25, 0.3) is 0 Å². The summed E-state index contributed by atoms with van der Waals surface area (Å²) in [6.45, 7) is 5.30. The van der Waals surface area contributed by atoms with Crippen LogP contribution in [0.2, 0.25) is 0 Å². The van der Waals surface area contributed by atoms with Crippen LogP contribution in [0.5, 0.6) is 0 Å². The predicted octanol–water partition coefficient (Wildman–Crippen LogP) is 2.10. The Hall–Kier alpha value is -2.44. The highest BCUT2D eigenvalue weighted by atomic mass is 16.1. The average molecular weight is 326 g/mol. The van der Waals surface area contributed by atoms with E-state index in [9.17, 15) is 4.79 Å². The number of H-pyrrole nitrogens is 1. The zero-order chi connectivity index (χ0) is 16.7.